The van der Waals surface area contributed by atoms with Crippen molar-refractivity contribution in [3.63, 3.8) is 0 Å². The van der Waals surface area contributed by atoms with Crippen LogP contribution in [-0.4, -0.2) is 34.8 Å². The number of ketones is 1. The molecule has 15 heavy (non-hydrogen) atoms. The average molecular weight is 212 g/mol. The van der Waals surface area contributed by atoms with Gasteiger partial charge in [0.1, 0.15) is 0 Å². The Labute approximate surface area is 89.0 Å². The predicted octanol–water partition coefficient (Wildman–Crippen LogP) is 1.18. The van der Waals surface area contributed by atoms with Crippen LogP contribution in [0.5, 0.6) is 0 Å². The van der Waals surface area contributed by atoms with Crippen molar-refractivity contribution in [2.24, 2.45) is 0 Å². The van der Waals surface area contributed by atoms with Crippen molar-refractivity contribution in [1.82, 2.24) is 0 Å². The van der Waals surface area contributed by atoms with E-state index in [1.54, 1.807) is 6.92 Å². The van der Waals surface area contributed by atoms with Crippen LogP contribution in [0.1, 0.15) is 33.6 Å². The molecule has 0 aliphatic carbocycles. The lowest BCUT2D eigenvalue weighted by Gasteiger charge is -2.39. The van der Waals surface area contributed by atoms with Crippen LogP contribution in [0.25, 0.3) is 5.53 Å². The first-order valence-corrected chi connectivity index (χ1v) is 5.11. The standard InChI is InChI=1S/C10H16N2O3/c1-4-10(9(13)6-12-11)14-7(2)5-8(3)15-10/h6-8H,4-5H2,1-3H3/t7-,8+,10?. The van der Waals surface area contributed by atoms with Gasteiger partial charge in [-0.1, -0.05) is 6.92 Å². The van der Waals surface area contributed by atoms with Gasteiger partial charge >= 0.3 is 6.21 Å². The Morgan fingerprint density at radius 3 is 2.47 bits per heavy atom. The predicted molar refractivity (Wildman–Crippen MR) is 53.4 cm³/mol. The van der Waals surface area contributed by atoms with Crippen molar-refractivity contribution < 1.29 is 19.1 Å². The Morgan fingerprint density at radius 2 is 2.07 bits per heavy atom. The van der Waals surface area contributed by atoms with Gasteiger partial charge in [0.25, 0.3) is 5.78 Å². The summed E-state index contributed by atoms with van der Waals surface area (Å²) in [6.45, 7) is 5.59. The van der Waals surface area contributed by atoms with E-state index in [9.17, 15) is 4.79 Å². The second kappa shape index (κ2) is 4.66. The molecule has 0 amide bonds. The number of hydrogen-bond acceptors (Lipinski definition) is 3. The second-order valence-corrected chi connectivity index (χ2v) is 3.81. The molecular formula is C10H16N2O3. The van der Waals surface area contributed by atoms with Crippen LogP contribution in [0.3, 0.4) is 0 Å². The molecule has 0 radical (unpaired) electrons. The van der Waals surface area contributed by atoms with Crippen molar-refractivity contribution in [3.8, 4) is 0 Å². The fourth-order valence-corrected chi connectivity index (χ4v) is 1.85. The van der Waals surface area contributed by atoms with Gasteiger partial charge in [-0.2, -0.15) is 4.79 Å². The first-order valence-electron chi connectivity index (χ1n) is 5.11. The van der Waals surface area contributed by atoms with Gasteiger partial charge in [0.15, 0.2) is 0 Å². The van der Waals surface area contributed by atoms with Crippen molar-refractivity contribution in [1.29, 1.82) is 0 Å². The summed E-state index contributed by atoms with van der Waals surface area (Å²) >= 11 is 0. The molecule has 0 aromatic heterocycles. The zero-order valence-electron chi connectivity index (χ0n) is 9.27. The lowest BCUT2D eigenvalue weighted by Crippen LogP contribution is -2.52. The summed E-state index contributed by atoms with van der Waals surface area (Å²) < 4.78 is 11.1. The molecule has 1 saturated heterocycles. The highest BCUT2D eigenvalue weighted by Gasteiger charge is 2.46. The molecule has 0 spiro atoms. The van der Waals surface area contributed by atoms with Gasteiger partial charge in [0.05, 0.1) is 12.2 Å². The van der Waals surface area contributed by atoms with E-state index in [-0.39, 0.29) is 12.2 Å². The minimum atomic E-state index is -1.27. The van der Waals surface area contributed by atoms with Gasteiger partial charge in [-0.25, -0.2) is 0 Å². The zero-order valence-corrected chi connectivity index (χ0v) is 9.27. The average Bonchev–Trinajstić information content (AvgIpc) is 2.16. The molecule has 1 aliphatic heterocycles. The number of hydrogen-bond donors (Lipinski definition) is 0. The van der Waals surface area contributed by atoms with Gasteiger partial charge in [-0.05, 0) is 20.3 Å². The van der Waals surface area contributed by atoms with Crippen LogP contribution in [0, 0.1) is 0 Å². The monoisotopic (exact) mass is 212 g/mol. The number of ether oxygens (including phenoxy) is 2. The Hall–Kier alpha value is -1.03. The maximum Gasteiger partial charge on any atom is 0.328 e. The molecule has 5 nitrogen and oxygen atoms in total. The third-order valence-corrected chi connectivity index (χ3v) is 2.46. The highest BCUT2D eigenvalue weighted by atomic mass is 16.7. The quantitative estimate of drug-likeness (QED) is 0.400. The number of carbonyl (C=O) groups is 1. The smallest absolute Gasteiger partial charge is 0.328 e. The molecule has 1 aliphatic rings. The minimum Gasteiger partial charge on any atom is -0.361 e. The van der Waals surface area contributed by atoms with Crippen LogP contribution in [-0.2, 0) is 14.3 Å². The number of nitrogens with zero attached hydrogens (tertiary/aromatic N) is 2. The molecule has 1 rings (SSSR count). The van der Waals surface area contributed by atoms with Crippen molar-refractivity contribution in [3.05, 3.63) is 5.53 Å². The van der Waals surface area contributed by atoms with Gasteiger partial charge in [-0.3, -0.25) is 4.79 Å². The molecule has 5 heteroatoms. The molecule has 84 valence electrons. The molecule has 3 atom stereocenters. The van der Waals surface area contributed by atoms with Gasteiger partial charge in [0, 0.05) is 6.42 Å². The van der Waals surface area contributed by atoms with Crippen molar-refractivity contribution >= 4 is 12.0 Å². The molecule has 0 aromatic rings. The Kier molecular flexibility index (Phi) is 3.74. The Morgan fingerprint density at radius 1 is 1.53 bits per heavy atom. The van der Waals surface area contributed by atoms with E-state index in [2.05, 4.69) is 4.79 Å². The largest absolute Gasteiger partial charge is 0.361 e. The third-order valence-electron chi connectivity index (χ3n) is 2.46. The molecule has 0 aromatic carbocycles. The van der Waals surface area contributed by atoms with Crippen LogP contribution in [0.15, 0.2) is 0 Å². The van der Waals surface area contributed by atoms with Crippen molar-refractivity contribution in [2.75, 3.05) is 0 Å². The first-order chi connectivity index (χ1) is 7.04. The first kappa shape index (κ1) is 12.0. The number of Topliss-reactive ketones (excluding diaryl/α,β-unsaturated/α-hetero) is 1. The third kappa shape index (κ3) is 2.50. The lowest BCUT2D eigenvalue weighted by molar-refractivity contribution is -0.291. The van der Waals surface area contributed by atoms with E-state index in [0.717, 1.165) is 12.6 Å². The van der Waals surface area contributed by atoms with Crippen LogP contribution in [0.4, 0.5) is 0 Å². The Bertz CT molecular complexity index is 287. The van der Waals surface area contributed by atoms with E-state index in [1.165, 1.54) is 0 Å². The molecule has 0 N–H and O–H groups in total. The number of carbonyl (C=O) groups excluding carboxylic acids is 1. The SMILES string of the molecule is CCC1(C(=O)C=[N+]=[N-])O[C@H](C)C[C@H](C)O1. The van der Waals surface area contributed by atoms with Gasteiger partial charge < -0.3 is 15.0 Å². The minimum absolute atomic E-state index is 0.0373. The van der Waals surface area contributed by atoms with Gasteiger partial charge in [0.2, 0.25) is 5.79 Å². The zero-order chi connectivity index (χ0) is 11.5. The fourth-order valence-electron chi connectivity index (χ4n) is 1.85. The van der Waals surface area contributed by atoms with Crippen LogP contribution in [0.2, 0.25) is 0 Å². The summed E-state index contributed by atoms with van der Waals surface area (Å²) in [5.41, 5.74) is 8.35. The van der Waals surface area contributed by atoms with E-state index < -0.39 is 11.6 Å². The summed E-state index contributed by atoms with van der Waals surface area (Å²) in [7, 11) is 0. The maximum atomic E-state index is 11.7. The maximum absolute atomic E-state index is 11.7. The molecule has 0 saturated carbocycles. The summed E-state index contributed by atoms with van der Waals surface area (Å²) in [6.07, 6.45) is 1.90. The number of rotatable bonds is 3. The van der Waals surface area contributed by atoms with Crippen LogP contribution >= 0.6 is 0 Å². The summed E-state index contributed by atoms with van der Waals surface area (Å²) in [6, 6.07) is 0. The lowest BCUT2D eigenvalue weighted by atomic mass is 10.0. The van der Waals surface area contributed by atoms with E-state index in [4.69, 9.17) is 15.0 Å². The summed E-state index contributed by atoms with van der Waals surface area (Å²) in [5, 5.41) is 0. The van der Waals surface area contributed by atoms with E-state index in [0.29, 0.717) is 6.42 Å². The van der Waals surface area contributed by atoms with E-state index in [1.807, 2.05) is 13.8 Å². The fraction of sp³-hybridized carbons (Fsp3) is 0.800. The summed E-state index contributed by atoms with van der Waals surface area (Å²) in [5.74, 6) is -1.73. The topological polar surface area (TPSA) is 71.9 Å². The van der Waals surface area contributed by atoms with Gasteiger partial charge in [-0.15, -0.1) is 0 Å². The highest BCUT2D eigenvalue weighted by Crippen LogP contribution is 2.30. The Balaban J connectivity index is 2.92. The molecule has 1 unspecified atom stereocenters. The highest BCUT2D eigenvalue weighted by molar-refractivity contribution is 6.28. The summed E-state index contributed by atoms with van der Waals surface area (Å²) in [4.78, 5) is 14.4. The normalized spacial score (nSPS) is 35.7. The van der Waals surface area contributed by atoms with Crippen molar-refractivity contribution in [2.45, 2.75) is 51.6 Å². The van der Waals surface area contributed by atoms with Crippen LogP contribution < -0.4 is 0 Å². The molecule has 1 fully saturated rings. The molecule has 0 bridgehead atoms. The van der Waals surface area contributed by atoms with E-state index >= 15 is 0 Å². The molecular weight excluding hydrogens is 196 g/mol. The molecule has 1 heterocycles. The second-order valence-electron chi connectivity index (χ2n) is 3.81.